The number of benzene rings is 3. The molecule has 0 spiro atoms. The van der Waals surface area contributed by atoms with Crippen LogP contribution in [-0.4, -0.2) is 107 Å². The molecule has 0 aliphatic carbocycles. The molecule has 13 nitrogen and oxygen atoms in total. The Labute approximate surface area is 356 Å². The predicted octanol–water partition coefficient (Wildman–Crippen LogP) is 8.16. The van der Waals surface area contributed by atoms with E-state index >= 15 is 0 Å². The van der Waals surface area contributed by atoms with Crippen LogP contribution in [0, 0.1) is 0 Å². The third-order valence-electron chi connectivity index (χ3n) is 12.4. The molecule has 0 radical (unpaired) electrons. The molecule has 2 saturated heterocycles. The monoisotopic (exact) mass is 819 g/mol. The molecule has 61 heavy (non-hydrogen) atoms. The van der Waals surface area contributed by atoms with E-state index in [-0.39, 0.29) is 36.4 Å². The van der Waals surface area contributed by atoms with E-state index in [9.17, 15) is 19.5 Å². The summed E-state index contributed by atoms with van der Waals surface area (Å²) in [7, 11) is 1.44. The number of amides is 3. The first-order valence-electron chi connectivity index (χ1n) is 21.3. The molecule has 6 aromatic rings. The Morgan fingerprint density at radius 2 is 1.23 bits per heavy atom. The molecule has 2 aliphatic rings. The quantitative estimate of drug-likeness (QED) is 0.0995. The van der Waals surface area contributed by atoms with E-state index in [2.05, 4.69) is 94.4 Å². The van der Waals surface area contributed by atoms with Gasteiger partial charge in [-0.05, 0) is 78.2 Å². The molecule has 3 N–H and O–H groups in total. The highest BCUT2D eigenvalue weighted by atomic mass is 16.4. The average molecular weight is 820 g/mol. The van der Waals surface area contributed by atoms with Gasteiger partial charge in [0, 0.05) is 39.0 Å². The molecular weight excluding hydrogens is 767 g/mol. The standard InChI is InChI=1S/C48H53N9O4/c1-4-55(5-2)43(37-13-7-6-8-14-37)47(59)57-27-11-16-41(57)45-51-31-39(53-45)36-23-19-34(20-24-36)33-17-21-35(22-18-33)38-30-50-44(52-38)40-15-10-26-56(40)46(58)42(54(3)48(60)61)28-32-12-9-25-49-29-32/h6-9,12-14,17-25,29-31,40-43H,4-5,10-11,15-16,26-28H2,1-3H3,(H,50,52)(H,51,53)(H,60,61)/t40-,41-,42-,43+/m0/s1. The second-order valence-corrected chi connectivity index (χ2v) is 15.9. The van der Waals surface area contributed by atoms with Crippen LogP contribution in [0.2, 0.25) is 0 Å². The Kier molecular flexibility index (Phi) is 12.4. The van der Waals surface area contributed by atoms with Crippen LogP contribution in [0.4, 0.5) is 4.79 Å². The van der Waals surface area contributed by atoms with Gasteiger partial charge in [0.2, 0.25) is 11.8 Å². The van der Waals surface area contributed by atoms with Crippen molar-refractivity contribution >= 4 is 17.9 Å². The highest BCUT2D eigenvalue weighted by Crippen LogP contribution is 2.37. The highest BCUT2D eigenvalue weighted by Gasteiger charge is 2.39. The minimum atomic E-state index is -1.16. The normalized spacial score (nSPS) is 17.4. The lowest BCUT2D eigenvalue weighted by Gasteiger charge is -2.34. The summed E-state index contributed by atoms with van der Waals surface area (Å²) in [5, 5.41) is 9.81. The summed E-state index contributed by atoms with van der Waals surface area (Å²) >= 11 is 0. The number of pyridine rings is 1. The summed E-state index contributed by atoms with van der Waals surface area (Å²) in [5.74, 6) is 1.38. The van der Waals surface area contributed by atoms with Gasteiger partial charge in [0.15, 0.2) is 0 Å². The molecule has 3 aromatic heterocycles. The van der Waals surface area contributed by atoms with Gasteiger partial charge in [-0.25, -0.2) is 14.8 Å². The summed E-state index contributed by atoms with van der Waals surface area (Å²) in [5.41, 5.74) is 7.68. The Bertz CT molecular complexity index is 2410. The fourth-order valence-corrected chi connectivity index (χ4v) is 8.97. The van der Waals surface area contributed by atoms with Crippen LogP contribution >= 0.6 is 0 Å². The van der Waals surface area contributed by atoms with Crippen molar-refractivity contribution in [2.45, 2.75) is 70.1 Å². The number of nitrogens with one attached hydrogen (secondary N) is 2. The largest absolute Gasteiger partial charge is 0.465 e. The van der Waals surface area contributed by atoms with Crippen molar-refractivity contribution in [3.8, 4) is 33.6 Å². The van der Waals surface area contributed by atoms with E-state index in [1.807, 2.05) is 35.4 Å². The molecule has 0 bridgehead atoms. The first-order valence-corrected chi connectivity index (χ1v) is 21.3. The molecule has 8 rings (SSSR count). The summed E-state index contributed by atoms with van der Waals surface area (Å²) < 4.78 is 0. The molecule has 2 fully saturated rings. The van der Waals surface area contributed by atoms with Crippen LogP contribution in [0.15, 0.2) is 116 Å². The molecule has 2 aliphatic heterocycles. The van der Waals surface area contributed by atoms with Crippen molar-refractivity contribution in [3.05, 3.63) is 139 Å². The smallest absolute Gasteiger partial charge is 0.407 e. The molecule has 3 amide bonds. The second-order valence-electron chi connectivity index (χ2n) is 15.9. The number of rotatable bonds is 14. The Morgan fingerprint density at radius 1 is 0.705 bits per heavy atom. The van der Waals surface area contributed by atoms with E-state index < -0.39 is 12.1 Å². The number of carbonyl (C=O) groups excluding carboxylic acids is 2. The highest BCUT2D eigenvalue weighted by molar-refractivity contribution is 5.86. The maximum absolute atomic E-state index is 14.2. The number of carboxylic acid groups (broad SMARTS) is 1. The molecule has 0 unspecified atom stereocenters. The predicted molar refractivity (Wildman–Crippen MR) is 234 cm³/mol. The third-order valence-corrected chi connectivity index (χ3v) is 12.4. The number of aromatic amines is 2. The summed E-state index contributed by atoms with van der Waals surface area (Å²) in [4.78, 5) is 68.0. The third kappa shape index (κ3) is 8.69. The average Bonchev–Trinajstić information content (AvgIpc) is 4.15. The van der Waals surface area contributed by atoms with Crippen LogP contribution in [0.1, 0.15) is 80.4 Å². The Balaban J connectivity index is 0.929. The van der Waals surface area contributed by atoms with Crippen molar-refractivity contribution in [2.75, 3.05) is 33.2 Å². The molecule has 0 saturated carbocycles. The lowest BCUT2D eigenvalue weighted by Crippen LogP contribution is -2.50. The molecule has 5 heterocycles. The molecule has 4 atom stereocenters. The molecule has 3 aromatic carbocycles. The zero-order chi connectivity index (χ0) is 42.5. The lowest BCUT2D eigenvalue weighted by molar-refractivity contribution is -0.138. The molecular formula is C48H53N9O4. The zero-order valence-corrected chi connectivity index (χ0v) is 34.9. The van der Waals surface area contributed by atoms with Gasteiger partial charge in [-0.2, -0.15) is 0 Å². The molecule has 13 heteroatoms. The van der Waals surface area contributed by atoms with Crippen molar-refractivity contribution in [3.63, 3.8) is 0 Å². The SMILES string of the molecule is CCN(CC)[C@@H](C(=O)N1CCC[C@H]1c1ncc(-c2ccc(-c3ccc(-c4cnc([C@@H]5CCCN5C(=O)[C@H](Cc5cccnc5)N(C)C(=O)O)[nH]4)cc3)cc2)[nH]1)c1ccccc1. The number of likely N-dealkylation sites (tertiary alicyclic amines) is 2. The number of nitrogens with zero attached hydrogens (tertiary/aromatic N) is 7. The van der Waals surface area contributed by atoms with Gasteiger partial charge in [-0.3, -0.25) is 24.4 Å². The first kappa shape index (κ1) is 41.1. The van der Waals surface area contributed by atoms with E-state index in [0.29, 0.717) is 18.9 Å². The van der Waals surface area contributed by atoms with E-state index in [1.54, 1.807) is 29.6 Å². The van der Waals surface area contributed by atoms with E-state index in [4.69, 9.17) is 9.97 Å². The van der Waals surface area contributed by atoms with Crippen LogP contribution in [0.25, 0.3) is 33.6 Å². The number of imidazole rings is 2. The van der Waals surface area contributed by atoms with E-state index in [1.165, 1.54) is 7.05 Å². The van der Waals surface area contributed by atoms with Gasteiger partial charge in [-0.15, -0.1) is 0 Å². The fourth-order valence-electron chi connectivity index (χ4n) is 8.97. The minimum absolute atomic E-state index is 0.104. The molecule has 314 valence electrons. The van der Waals surface area contributed by atoms with Gasteiger partial charge in [-0.1, -0.05) is 98.8 Å². The van der Waals surface area contributed by atoms with Gasteiger partial charge in [0.25, 0.3) is 0 Å². The first-order chi connectivity index (χ1) is 29.7. The zero-order valence-electron chi connectivity index (χ0n) is 34.9. The van der Waals surface area contributed by atoms with Crippen molar-refractivity contribution < 1.29 is 19.5 Å². The number of aromatic nitrogens is 5. The lowest BCUT2D eigenvalue weighted by atomic mass is 10.0. The number of hydrogen-bond donors (Lipinski definition) is 3. The number of carbonyl (C=O) groups is 3. The van der Waals surface area contributed by atoms with Gasteiger partial charge in [0.1, 0.15) is 23.7 Å². The maximum atomic E-state index is 14.2. The van der Waals surface area contributed by atoms with Crippen LogP contribution < -0.4 is 0 Å². The Hall–Kier alpha value is -6.60. The summed E-state index contributed by atoms with van der Waals surface area (Å²) in [6, 6.07) is 28.8. The van der Waals surface area contributed by atoms with Crippen molar-refractivity contribution in [2.24, 2.45) is 0 Å². The number of likely N-dealkylation sites (N-methyl/N-ethyl adjacent to an activating group) is 2. The van der Waals surface area contributed by atoms with Gasteiger partial charge < -0.3 is 24.9 Å². The van der Waals surface area contributed by atoms with Gasteiger partial charge >= 0.3 is 6.09 Å². The topological polar surface area (TPSA) is 155 Å². The summed E-state index contributed by atoms with van der Waals surface area (Å²) in [6.07, 6.45) is 9.39. The van der Waals surface area contributed by atoms with Crippen LogP contribution in [-0.2, 0) is 16.0 Å². The Morgan fingerprint density at radius 3 is 1.72 bits per heavy atom. The minimum Gasteiger partial charge on any atom is -0.465 e. The summed E-state index contributed by atoms with van der Waals surface area (Å²) in [6.45, 7) is 7.02. The van der Waals surface area contributed by atoms with Crippen molar-refractivity contribution in [1.82, 2.24) is 44.5 Å². The van der Waals surface area contributed by atoms with Crippen LogP contribution in [0.3, 0.4) is 0 Å². The van der Waals surface area contributed by atoms with Gasteiger partial charge in [0.05, 0.1) is 35.9 Å². The second kappa shape index (κ2) is 18.3. The van der Waals surface area contributed by atoms with Crippen molar-refractivity contribution in [1.29, 1.82) is 0 Å². The number of H-pyrrole nitrogens is 2. The number of hydrogen-bond acceptors (Lipinski definition) is 7. The fraction of sp³-hybridized carbons (Fsp3) is 0.333. The maximum Gasteiger partial charge on any atom is 0.407 e. The van der Waals surface area contributed by atoms with E-state index in [0.717, 1.165) is 94.3 Å². The van der Waals surface area contributed by atoms with Crippen LogP contribution in [0.5, 0.6) is 0 Å².